The molecular formula is C24H22N4O3. The number of carbonyl (C=O) groups excluding carboxylic acids is 2. The minimum absolute atomic E-state index is 0.297. The first-order chi connectivity index (χ1) is 15.1. The molecule has 0 aliphatic carbocycles. The third-order valence-electron chi connectivity index (χ3n) is 5.83. The number of aromatic amines is 1. The largest absolute Gasteiger partial charge is 0.394 e. The molecule has 31 heavy (non-hydrogen) atoms. The smallest absolute Gasteiger partial charge is 0.253 e. The molecule has 7 nitrogen and oxygen atoms in total. The second-order valence-corrected chi connectivity index (χ2v) is 7.76. The third-order valence-corrected chi connectivity index (χ3v) is 5.83. The van der Waals surface area contributed by atoms with E-state index in [0.717, 1.165) is 28.5 Å². The summed E-state index contributed by atoms with van der Waals surface area (Å²) in [5, 5.41) is 14.5. The fraction of sp³-hybridized carbons (Fsp3) is 0.208. The zero-order valence-electron chi connectivity index (χ0n) is 16.8. The van der Waals surface area contributed by atoms with E-state index in [-0.39, 0.29) is 5.91 Å². The molecule has 1 aliphatic rings. The number of nitrogens with one attached hydrogen (secondary N) is 2. The van der Waals surface area contributed by atoms with Crippen molar-refractivity contribution in [1.82, 2.24) is 20.2 Å². The summed E-state index contributed by atoms with van der Waals surface area (Å²) in [7, 11) is 0. The summed E-state index contributed by atoms with van der Waals surface area (Å²) in [6.45, 7) is 0.492. The Kier molecular flexibility index (Phi) is 4.88. The van der Waals surface area contributed by atoms with Crippen molar-refractivity contribution in [2.45, 2.75) is 19.0 Å². The van der Waals surface area contributed by atoms with Gasteiger partial charge in [0.05, 0.1) is 24.2 Å². The molecule has 1 atom stereocenters. The topological polar surface area (TPSA) is 98.3 Å². The van der Waals surface area contributed by atoms with E-state index >= 15 is 0 Å². The van der Waals surface area contributed by atoms with Gasteiger partial charge < -0.3 is 20.3 Å². The fourth-order valence-electron chi connectivity index (χ4n) is 4.22. The second kappa shape index (κ2) is 7.85. The number of aromatic nitrogens is 2. The van der Waals surface area contributed by atoms with E-state index in [4.69, 9.17) is 0 Å². The molecule has 3 N–H and O–H groups in total. The first-order valence-electron chi connectivity index (χ1n) is 10.3. The molecule has 0 saturated heterocycles. The van der Waals surface area contributed by atoms with E-state index in [2.05, 4.69) is 21.4 Å². The van der Waals surface area contributed by atoms with Crippen molar-refractivity contribution < 1.29 is 14.7 Å². The molecule has 5 rings (SSSR count). The summed E-state index contributed by atoms with van der Waals surface area (Å²) < 4.78 is 0. The van der Waals surface area contributed by atoms with E-state index in [1.165, 1.54) is 17.1 Å². The Balaban J connectivity index is 1.32. The van der Waals surface area contributed by atoms with Crippen LogP contribution in [0.3, 0.4) is 0 Å². The molecule has 1 aliphatic heterocycles. The Labute approximate surface area is 178 Å². The third kappa shape index (κ3) is 3.53. The molecule has 0 bridgehead atoms. The zero-order valence-corrected chi connectivity index (χ0v) is 16.8. The number of hydrogen-bond donors (Lipinski definition) is 3. The van der Waals surface area contributed by atoms with E-state index in [1.54, 1.807) is 11.0 Å². The van der Waals surface area contributed by atoms with Crippen LogP contribution in [0.5, 0.6) is 0 Å². The molecule has 2 aromatic heterocycles. The summed E-state index contributed by atoms with van der Waals surface area (Å²) in [5.41, 5.74) is 4.42. The predicted octanol–water partition coefficient (Wildman–Crippen LogP) is 2.39. The number of hydrogen-bond acceptors (Lipinski definition) is 4. The van der Waals surface area contributed by atoms with Crippen molar-refractivity contribution in [3.8, 4) is 0 Å². The minimum atomic E-state index is -1.01. The number of amides is 2. The van der Waals surface area contributed by atoms with Crippen molar-refractivity contribution in [2.24, 2.45) is 0 Å². The molecule has 7 heteroatoms. The van der Waals surface area contributed by atoms with Crippen LogP contribution in [0.1, 0.15) is 21.6 Å². The lowest BCUT2D eigenvalue weighted by Gasteiger charge is -2.30. The SMILES string of the molecule is O=C(NC(CO)C(=O)N1CCc2c([nH]c3ccccc23)C1)c1cnc2ccccc2c1. The lowest BCUT2D eigenvalue weighted by Crippen LogP contribution is -2.51. The molecule has 3 heterocycles. The second-order valence-electron chi connectivity index (χ2n) is 7.76. The van der Waals surface area contributed by atoms with Crippen LogP contribution in [0, 0.1) is 0 Å². The van der Waals surface area contributed by atoms with Crippen LogP contribution in [-0.4, -0.2) is 51.0 Å². The zero-order chi connectivity index (χ0) is 21.4. The number of rotatable bonds is 4. The summed E-state index contributed by atoms with van der Waals surface area (Å²) in [6.07, 6.45) is 2.21. The number of aliphatic hydroxyl groups excluding tert-OH is 1. The number of H-pyrrole nitrogens is 1. The molecule has 0 fully saturated rings. The number of para-hydroxylation sites is 2. The van der Waals surface area contributed by atoms with E-state index < -0.39 is 18.6 Å². The fourth-order valence-corrected chi connectivity index (χ4v) is 4.22. The van der Waals surface area contributed by atoms with Crippen LogP contribution >= 0.6 is 0 Å². The van der Waals surface area contributed by atoms with Crippen LogP contribution in [0.4, 0.5) is 0 Å². The van der Waals surface area contributed by atoms with Crippen molar-refractivity contribution >= 4 is 33.6 Å². The van der Waals surface area contributed by atoms with Crippen LogP contribution in [0.2, 0.25) is 0 Å². The van der Waals surface area contributed by atoms with Gasteiger partial charge in [0.2, 0.25) is 5.91 Å². The lowest BCUT2D eigenvalue weighted by molar-refractivity contribution is -0.135. The van der Waals surface area contributed by atoms with Crippen LogP contribution in [0.25, 0.3) is 21.8 Å². The van der Waals surface area contributed by atoms with Crippen LogP contribution in [-0.2, 0) is 17.8 Å². The van der Waals surface area contributed by atoms with E-state index in [9.17, 15) is 14.7 Å². The first-order valence-corrected chi connectivity index (χ1v) is 10.3. The van der Waals surface area contributed by atoms with Crippen LogP contribution < -0.4 is 5.32 Å². The van der Waals surface area contributed by atoms with Gasteiger partial charge in [-0.2, -0.15) is 0 Å². The number of benzene rings is 2. The molecule has 4 aromatic rings. The van der Waals surface area contributed by atoms with Crippen molar-refractivity contribution in [1.29, 1.82) is 0 Å². The number of nitrogens with zero attached hydrogens (tertiary/aromatic N) is 2. The molecule has 2 aromatic carbocycles. The molecule has 1 unspecified atom stereocenters. The van der Waals surface area contributed by atoms with Gasteiger partial charge in [0, 0.05) is 34.7 Å². The monoisotopic (exact) mass is 414 g/mol. The van der Waals surface area contributed by atoms with Gasteiger partial charge in [0.25, 0.3) is 5.91 Å². The van der Waals surface area contributed by atoms with Gasteiger partial charge >= 0.3 is 0 Å². The van der Waals surface area contributed by atoms with Gasteiger partial charge in [-0.1, -0.05) is 36.4 Å². The number of fused-ring (bicyclic) bond motifs is 4. The van der Waals surface area contributed by atoms with Crippen molar-refractivity contribution in [2.75, 3.05) is 13.2 Å². The summed E-state index contributed by atoms with van der Waals surface area (Å²) in [6, 6.07) is 16.3. The van der Waals surface area contributed by atoms with Gasteiger partial charge in [0.1, 0.15) is 6.04 Å². The van der Waals surface area contributed by atoms with Gasteiger partial charge in [-0.25, -0.2) is 0 Å². The normalized spacial score (nSPS) is 14.4. The Morgan fingerprint density at radius 3 is 2.84 bits per heavy atom. The highest BCUT2D eigenvalue weighted by Gasteiger charge is 2.29. The predicted molar refractivity (Wildman–Crippen MR) is 118 cm³/mol. The number of aliphatic hydroxyl groups is 1. The molecule has 156 valence electrons. The van der Waals surface area contributed by atoms with E-state index in [1.807, 2.05) is 42.5 Å². The molecule has 0 spiro atoms. The Morgan fingerprint density at radius 1 is 1.16 bits per heavy atom. The highest BCUT2D eigenvalue weighted by atomic mass is 16.3. The van der Waals surface area contributed by atoms with Crippen molar-refractivity contribution in [3.63, 3.8) is 0 Å². The Bertz CT molecular complexity index is 1300. The molecule has 0 saturated carbocycles. The maximum atomic E-state index is 13.1. The van der Waals surface area contributed by atoms with E-state index in [0.29, 0.717) is 18.7 Å². The van der Waals surface area contributed by atoms with Gasteiger partial charge in [0.15, 0.2) is 0 Å². The first kappa shape index (κ1) is 19.3. The molecule has 0 radical (unpaired) electrons. The summed E-state index contributed by atoms with van der Waals surface area (Å²) in [4.78, 5) is 35.1. The number of carbonyl (C=O) groups is 2. The highest BCUT2D eigenvalue weighted by molar-refractivity contribution is 5.99. The minimum Gasteiger partial charge on any atom is -0.394 e. The Morgan fingerprint density at radius 2 is 1.97 bits per heavy atom. The maximum Gasteiger partial charge on any atom is 0.253 e. The maximum absolute atomic E-state index is 13.1. The summed E-state index contributed by atoms with van der Waals surface area (Å²) in [5.74, 6) is -0.733. The summed E-state index contributed by atoms with van der Waals surface area (Å²) >= 11 is 0. The number of pyridine rings is 1. The van der Waals surface area contributed by atoms with Gasteiger partial charge in [-0.15, -0.1) is 0 Å². The standard InChI is InChI=1S/C24H22N4O3/c29-14-22(27-23(30)16-11-15-5-1-3-7-19(15)25-12-16)24(31)28-10-9-18-17-6-2-4-8-20(17)26-21(18)13-28/h1-8,11-12,22,26,29H,9-10,13-14H2,(H,27,30). The Hall–Kier alpha value is -3.71. The van der Waals surface area contributed by atoms with Crippen LogP contribution in [0.15, 0.2) is 60.8 Å². The quantitative estimate of drug-likeness (QED) is 0.478. The van der Waals surface area contributed by atoms with Gasteiger partial charge in [-0.05, 0) is 30.2 Å². The lowest BCUT2D eigenvalue weighted by atomic mass is 10.0. The average molecular weight is 414 g/mol. The van der Waals surface area contributed by atoms with Crippen molar-refractivity contribution in [3.05, 3.63) is 77.6 Å². The van der Waals surface area contributed by atoms with Gasteiger partial charge in [-0.3, -0.25) is 14.6 Å². The average Bonchev–Trinajstić information content (AvgIpc) is 3.19. The highest BCUT2D eigenvalue weighted by Crippen LogP contribution is 2.27. The molecule has 2 amide bonds. The molecular weight excluding hydrogens is 392 g/mol.